The number of thioether (sulfide) groups is 1. The van der Waals surface area contributed by atoms with Gasteiger partial charge >= 0.3 is 0 Å². The van der Waals surface area contributed by atoms with Crippen LogP contribution in [0.2, 0.25) is 5.02 Å². The van der Waals surface area contributed by atoms with E-state index in [2.05, 4.69) is 11.0 Å². The number of nitrogens with zero attached hydrogens (tertiary/aromatic N) is 1. The summed E-state index contributed by atoms with van der Waals surface area (Å²) in [6.45, 7) is 1.81. The molecule has 0 amide bonds. The number of hydrogen-bond acceptors (Lipinski definition) is 4. The molecule has 1 saturated heterocycles. The molecule has 3 nitrogen and oxygen atoms in total. The number of halogens is 1. The zero-order chi connectivity index (χ0) is 14.9. The minimum atomic E-state index is -2.84. The molecule has 21 heavy (non-hydrogen) atoms. The summed E-state index contributed by atoms with van der Waals surface area (Å²) >= 11 is 8.02. The van der Waals surface area contributed by atoms with Gasteiger partial charge in [0.1, 0.15) is 0 Å². The number of rotatable bonds is 2. The van der Waals surface area contributed by atoms with Crippen LogP contribution in [0.3, 0.4) is 0 Å². The second-order valence-electron chi connectivity index (χ2n) is 5.88. The molecule has 1 atom stereocenters. The smallest absolute Gasteiger partial charge is 0.150 e. The second kappa shape index (κ2) is 6.39. The van der Waals surface area contributed by atoms with Crippen LogP contribution >= 0.6 is 23.4 Å². The molecule has 1 fully saturated rings. The Morgan fingerprint density at radius 3 is 3.00 bits per heavy atom. The molecule has 0 aliphatic carbocycles. The molecule has 116 valence electrons. The summed E-state index contributed by atoms with van der Waals surface area (Å²) in [4.78, 5) is 3.60. The first-order valence-electron chi connectivity index (χ1n) is 7.41. The molecule has 2 heterocycles. The van der Waals surface area contributed by atoms with Crippen LogP contribution in [-0.2, 0) is 9.84 Å². The van der Waals surface area contributed by atoms with Crippen LogP contribution in [0.25, 0.3) is 0 Å². The summed E-state index contributed by atoms with van der Waals surface area (Å²) in [6, 6.07) is 6.03. The third-order valence-corrected chi connectivity index (χ3v) is 7.40. The van der Waals surface area contributed by atoms with Crippen LogP contribution in [0.1, 0.15) is 19.3 Å². The molecule has 2 aliphatic rings. The van der Waals surface area contributed by atoms with Gasteiger partial charge in [-0.05, 0) is 49.1 Å². The van der Waals surface area contributed by atoms with Crippen LogP contribution < -0.4 is 4.90 Å². The monoisotopic (exact) mass is 345 g/mol. The van der Waals surface area contributed by atoms with Crippen LogP contribution in [0.15, 0.2) is 23.1 Å². The average Bonchev–Trinajstić information content (AvgIpc) is 2.60. The van der Waals surface area contributed by atoms with Crippen molar-refractivity contribution in [3.8, 4) is 0 Å². The summed E-state index contributed by atoms with van der Waals surface area (Å²) in [6.07, 6.45) is 2.94. The summed E-state index contributed by atoms with van der Waals surface area (Å²) in [7, 11) is -2.84. The fourth-order valence-corrected chi connectivity index (χ4v) is 6.10. The fraction of sp³-hybridized carbons (Fsp3) is 0.600. The van der Waals surface area contributed by atoms with Gasteiger partial charge in [0, 0.05) is 23.0 Å². The highest BCUT2D eigenvalue weighted by atomic mass is 35.5. The minimum Gasteiger partial charge on any atom is -0.370 e. The van der Waals surface area contributed by atoms with Gasteiger partial charge in [-0.1, -0.05) is 11.6 Å². The Bertz CT molecular complexity index is 618. The number of fused-ring (bicyclic) bond motifs is 1. The van der Waals surface area contributed by atoms with E-state index in [1.807, 2.05) is 23.9 Å². The average molecular weight is 346 g/mol. The van der Waals surface area contributed by atoms with E-state index in [4.69, 9.17) is 11.6 Å². The highest BCUT2D eigenvalue weighted by Crippen LogP contribution is 2.36. The van der Waals surface area contributed by atoms with Gasteiger partial charge in [-0.15, -0.1) is 11.8 Å². The Balaban J connectivity index is 1.80. The Hall–Kier alpha value is -0.390. The van der Waals surface area contributed by atoms with Crippen LogP contribution in [-0.4, -0.2) is 38.8 Å². The van der Waals surface area contributed by atoms with Gasteiger partial charge in [-0.2, -0.15) is 0 Å². The standard InChI is InChI=1S/C15H20ClNO2S2/c16-13-4-5-15-14(9-13)17(6-2-7-20-15)10-12-3-1-8-21(18,19)11-12/h4-5,9,12H,1-3,6-8,10-11H2. The molecule has 3 rings (SSSR count). The largest absolute Gasteiger partial charge is 0.370 e. The van der Waals surface area contributed by atoms with E-state index < -0.39 is 9.84 Å². The molecule has 0 saturated carbocycles. The van der Waals surface area contributed by atoms with E-state index >= 15 is 0 Å². The number of benzene rings is 1. The summed E-state index contributed by atoms with van der Waals surface area (Å²) in [5, 5.41) is 0.748. The molecule has 0 radical (unpaired) electrons. The van der Waals surface area contributed by atoms with E-state index in [1.54, 1.807) is 0 Å². The topological polar surface area (TPSA) is 37.4 Å². The van der Waals surface area contributed by atoms with Crippen molar-refractivity contribution in [3.63, 3.8) is 0 Å². The van der Waals surface area contributed by atoms with Gasteiger partial charge in [0.15, 0.2) is 9.84 Å². The van der Waals surface area contributed by atoms with Crippen molar-refractivity contribution in [2.45, 2.75) is 24.2 Å². The zero-order valence-corrected chi connectivity index (χ0v) is 14.3. The number of hydrogen-bond donors (Lipinski definition) is 0. The van der Waals surface area contributed by atoms with E-state index in [9.17, 15) is 8.42 Å². The van der Waals surface area contributed by atoms with Crippen molar-refractivity contribution in [2.75, 3.05) is 35.2 Å². The van der Waals surface area contributed by atoms with E-state index in [-0.39, 0.29) is 5.92 Å². The highest BCUT2D eigenvalue weighted by molar-refractivity contribution is 7.99. The van der Waals surface area contributed by atoms with Gasteiger partial charge < -0.3 is 4.90 Å². The van der Waals surface area contributed by atoms with Gasteiger partial charge in [0.2, 0.25) is 0 Å². The minimum absolute atomic E-state index is 0.249. The second-order valence-corrected chi connectivity index (χ2v) is 9.68. The fourth-order valence-electron chi connectivity index (χ4n) is 3.18. The lowest BCUT2D eigenvalue weighted by molar-refractivity contribution is 0.478. The molecule has 0 bridgehead atoms. The molecule has 1 aromatic rings. The summed E-state index contributed by atoms with van der Waals surface area (Å²) in [5.41, 5.74) is 1.17. The summed E-state index contributed by atoms with van der Waals surface area (Å²) in [5.74, 6) is 2.06. The molecule has 0 N–H and O–H groups in total. The van der Waals surface area contributed by atoms with Gasteiger partial charge in [0.25, 0.3) is 0 Å². The van der Waals surface area contributed by atoms with Gasteiger partial charge in [-0.3, -0.25) is 0 Å². The molecular weight excluding hydrogens is 326 g/mol. The normalized spacial score (nSPS) is 25.2. The third-order valence-electron chi connectivity index (χ3n) is 4.13. The van der Waals surface area contributed by atoms with Crippen LogP contribution in [0, 0.1) is 5.92 Å². The van der Waals surface area contributed by atoms with E-state index in [1.165, 1.54) is 10.6 Å². The Morgan fingerprint density at radius 2 is 2.19 bits per heavy atom. The van der Waals surface area contributed by atoms with Crippen LogP contribution in [0.4, 0.5) is 5.69 Å². The predicted octanol–water partition coefficient (Wildman–Crippen LogP) is 3.47. The molecule has 0 spiro atoms. The maximum atomic E-state index is 11.8. The SMILES string of the molecule is O=S1(=O)CCCC(CN2CCCSc3ccc(Cl)cc32)C1. The maximum Gasteiger partial charge on any atom is 0.150 e. The lowest BCUT2D eigenvalue weighted by atomic mass is 10.0. The highest BCUT2D eigenvalue weighted by Gasteiger charge is 2.27. The van der Waals surface area contributed by atoms with Crippen molar-refractivity contribution >= 4 is 38.9 Å². The molecule has 2 aliphatic heterocycles. The van der Waals surface area contributed by atoms with Crippen molar-refractivity contribution < 1.29 is 8.42 Å². The van der Waals surface area contributed by atoms with Gasteiger partial charge in [0.05, 0.1) is 17.2 Å². The molecule has 1 unspecified atom stereocenters. The lowest BCUT2D eigenvalue weighted by Gasteiger charge is -2.31. The van der Waals surface area contributed by atoms with Crippen LogP contribution in [0.5, 0.6) is 0 Å². The zero-order valence-electron chi connectivity index (χ0n) is 11.9. The Kier molecular flexibility index (Phi) is 4.71. The predicted molar refractivity (Wildman–Crippen MR) is 90.4 cm³/mol. The first-order valence-corrected chi connectivity index (χ1v) is 10.6. The molecule has 0 aromatic heterocycles. The van der Waals surface area contributed by atoms with Crippen molar-refractivity contribution in [3.05, 3.63) is 23.2 Å². The first kappa shape index (κ1) is 15.5. The first-order chi connectivity index (χ1) is 10.0. The van der Waals surface area contributed by atoms with E-state index in [0.29, 0.717) is 11.5 Å². The molecule has 6 heteroatoms. The van der Waals surface area contributed by atoms with E-state index in [0.717, 1.165) is 43.1 Å². The third kappa shape index (κ3) is 3.88. The number of anilines is 1. The van der Waals surface area contributed by atoms with Gasteiger partial charge in [-0.25, -0.2) is 8.42 Å². The maximum absolute atomic E-state index is 11.8. The molecular formula is C15H20ClNO2S2. The Labute approximate surface area is 136 Å². The van der Waals surface area contributed by atoms with Crippen molar-refractivity contribution in [1.82, 2.24) is 0 Å². The van der Waals surface area contributed by atoms with Crippen molar-refractivity contribution in [1.29, 1.82) is 0 Å². The van der Waals surface area contributed by atoms with Crippen molar-refractivity contribution in [2.24, 2.45) is 5.92 Å². The quantitative estimate of drug-likeness (QED) is 0.822. The summed E-state index contributed by atoms with van der Waals surface area (Å²) < 4.78 is 23.7. The number of sulfone groups is 1. The molecule has 1 aromatic carbocycles. The lowest BCUT2D eigenvalue weighted by Crippen LogP contribution is -2.36. The Morgan fingerprint density at radius 1 is 1.33 bits per heavy atom.